The number of hydrogen-bond acceptors (Lipinski definition) is 5. The Morgan fingerprint density at radius 2 is 1.79 bits per heavy atom. The van der Waals surface area contributed by atoms with Crippen LogP contribution in [0.2, 0.25) is 0 Å². The highest BCUT2D eigenvalue weighted by Crippen LogP contribution is 2.35. The molecule has 0 radical (unpaired) electrons. The van der Waals surface area contributed by atoms with Crippen LogP contribution in [-0.2, 0) is 13.0 Å². The van der Waals surface area contributed by atoms with Crippen LogP contribution in [0, 0.1) is 0 Å². The first-order valence-electron chi connectivity index (χ1n) is 13.2. The SMILES string of the molecule is CN(C)CCCCc1cccc(C2CNc3c(C(N)=O)c(-c4ccc(Oc5ccccc5)cc4)nn3C2)c1. The normalized spacial score (nSPS) is 14.7. The number of aryl methyl sites for hydroxylation is 1. The topological polar surface area (TPSA) is 85.4 Å². The van der Waals surface area contributed by atoms with Gasteiger partial charge in [-0.05, 0) is 87.4 Å². The molecule has 1 aromatic heterocycles. The van der Waals surface area contributed by atoms with Crippen LogP contribution in [0.5, 0.6) is 11.5 Å². The van der Waals surface area contributed by atoms with Crippen molar-refractivity contribution >= 4 is 11.7 Å². The van der Waals surface area contributed by atoms with Crippen molar-refractivity contribution in [2.24, 2.45) is 5.73 Å². The van der Waals surface area contributed by atoms with Gasteiger partial charge in [0.2, 0.25) is 0 Å². The summed E-state index contributed by atoms with van der Waals surface area (Å²) in [6.07, 6.45) is 3.44. The molecule has 0 bridgehead atoms. The third-order valence-corrected chi connectivity index (χ3v) is 6.96. The maximum Gasteiger partial charge on any atom is 0.254 e. The number of aromatic nitrogens is 2. The van der Waals surface area contributed by atoms with Gasteiger partial charge in [-0.2, -0.15) is 5.10 Å². The average molecular weight is 510 g/mol. The second kappa shape index (κ2) is 11.5. The second-order valence-corrected chi connectivity index (χ2v) is 10.1. The summed E-state index contributed by atoms with van der Waals surface area (Å²) in [7, 11) is 4.23. The maximum atomic E-state index is 12.5. The number of carbonyl (C=O) groups excluding carboxylic acids is 1. The van der Waals surface area contributed by atoms with Crippen molar-refractivity contribution in [2.75, 3.05) is 32.5 Å². The Morgan fingerprint density at radius 3 is 2.53 bits per heavy atom. The van der Waals surface area contributed by atoms with E-state index >= 15 is 0 Å². The zero-order valence-corrected chi connectivity index (χ0v) is 22.1. The Balaban J connectivity index is 1.33. The standard InChI is InChI=1S/C31H35N5O2/c1-35(2)18-7-6-9-22-10-8-11-24(19-22)25-20-33-31-28(30(32)37)29(34-36(31)21-25)23-14-16-27(17-15-23)38-26-12-4-3-5-13-26/h3-5,8,10-17,19,25,33H,6-7,9,18,20-21H2,1-2H3,(H2,32,37). The minimum absolute atomic E-state index is 0.249. The van der Waals surface area contributed by atoms with Crippen LogP contribution >= 0.6 is 0 Å². The molecule has 196 valence electrons. The molecule has 38 heavy (non-hydrogen) atoms. The number of unbranched alkanes of at least 4 members (excludes halogenated alkanes) is 1. The number of nitrogens with two attached hydrogens (primary N) is 1. The summed E-state index contributed by atoms with van der Waals surface area (Å²) in [6.45, 7) is 2.52. The summed E-state index contributed by atoms with van der Waals surface area (Å²) in [6, 6.07) is 26.1. The summed E-state index contributed by atoms with van der Waals surface area (Å²) in [4.78, 5) is 14.7. The van der Waals surface area contributed by atoms with Gasteiger partial charge in [0, 0.05) is 18.0 Å². The number of carbonyl (C=O) groups is 1. The Labute approximate surface area is 224 Å². The molecule has 7 nitrogen and oxygen atoms in total. The van der Waals surface area contributed by atoms with E-state index in [0.29, 0.717) is 29.4 Å². The Kier molecular flexibility index (Phi) is 7.75. The Morgan fingerprint density at radius 1 is 1.03 bits per heavy atom. The van der Waals surface area contributed by atoms with Crippen LogP contribution in [0.25, 0.3) is 11.3 Å². The molecule has 3 N–H and O–H groups in total. The number of fused-ring (bicyclic) bond motifs is 1. The average Bonchev–Trinajstić information content (AvgIpc) is 3.31. The highest BCUT2D eigenvalue weighted by molar-refractivity contribution is 6.03. The number of nitrogens with zero attached hydrogens (tertiary/aromatic N) is 3. The number of ether oxygens (including phenoxy) is 1. The number of primary amides is 1. The van der Waals surface area contributed by atoms with Crippen molar-refractivity contribution in [3.8, 4) is 22.8 Å². The Bertz CT molecular complexity index is 1380. The molecule has 2 heterocycles. The quantitative estimate of drug-likeness (QED) is 0.274. The third kappa shape index (κ3) is 5.89. The minimum atomic E-state index is -0.489. The van der Waals surface area contributed by atoms with Gasteiger partial charge in [-0.1, -0.05) is 42.5 Å². The summed E-state index contributed by atoms with van der Waals surface area (Å²) in [5.74, 6) is 1.93. The largest absolute Gasteiger partial charge is 0.457 e. The lowest BCUT2D eigenvalue weighted by atomic mass is 9.94. The van der Waals surface area contributed by atoms with Crippen LogP contribution < -0.4 is 15.8 Å². The van der Waals surface area contributed by atoms with E-state index in [1.54, 1.807) is 0 Å². The molecule has 0 spiro atoms. The van der Waals surface area contributed by atoms with E-state index in [9.17, 15) is 4.79 Å². The summed E-state index contributed by atoms with van der Waals surface area (Å²) >= 11 is 0. The number of amides is 1. The molecule has 3 aromatic carbocycles. The van der Waals surface area contributed by atoms with E-state index in [1.165, 1.54) is 24.0 Å². The van der Waals surface area contributed by atoms with E-state index in [4.69, 9.17) is 15.6 Å². The fourth-order valence-electron chi connectivity index (χ4n) is 4.99. The second-order valence-electron chi connectivity index (χ2n) is 10.1. The molecule has 0 aliphatic carbocycles. The van der Waals surface area contributed by atoms with Gasteiger partial charge in [0.15, 0.2) is 0 Å². The van der Waals surface area contributed by atoms with Crippen molar-refractivity contribution in [3.05, 3.63) is 95.6 Å². The zero-order chi connectivity index (χ0) is 26.5. The van der Waals surface area contributed by atoms with Crippen molar-refractivity contribution in [1.29, 1.82) is 0 Å². The van der Waals surface area contributed by atoms with Gasteiger partial charge in [-0.15, -0.1) is 0 Å². The molecular formula is C31H35N5O2. The van der Waals surface area contributed by atoms with Crippen molar-refractivity contribution < 1.29 is 9.53 Å². The molecule has 7 heteroatoms. The molecule has 0 saturated carbocycles. The van der Waals surface area contributed by atoms with E-state index in [1.807, 2.05) is 59.3 Å². The van der Waals surface area contributed by atoms with Gasteiger partial charge in [-0.25, -0.2) is 4.68 Å². The number of rotatable bonds is 10. The first-order valence-corrected chi connectivity index (χ1v) is 13.2. The van der Waals surface area contributed by atoms with Crippen molar-refractivity contribution in [1.82, 2.24) is 14.7 Å². The van der Waals surface area contributed by atoms with E-state index in [2.05, 4.69) is 48.6 Å². The van der Waals surface area contributed by atoms with Gasteiger partial charge >= 0.3 is 0 Å². The number of nitrogens with one attached hydrogen (secondary N) is 1. The van der Waals surface area contributed by atoms with Gasteiger partial charge in [-0.3, -0.25) is 4.79 Å². The molecule has 1 unspecified atom stereocenters. The van der Waals surface area contributed by atoms with Gasteiger partial charge in [0.1, 0.15) is 28.6 Å². The third-order valence-electron chi connectivity index (χ3n) is 6.96. The molecule has 4 aromatic rings. The highest BCUT2D eigenvalue weighted by atomic mass is 16.5. The van der Waals surface area contributed by atoms with E-state index in [0.717, 1.165) is 30.8 Å². The van der Waals surface area contributed by atoms with Gasteiger partial charge in [0.25, 0.3) is 5.91 Å². The molecule has 1 amide bonds. The number of benzene rings is 3. The summed E-state index contributed by atoms with van der Waals surface area (Å²) in [5.41, 5.74) is 10.3. The lowest BCUT2D eigenvalue weighted by Gasteiger charge is -2.26. The molecule has 0 saturated heterocycles. The molecule has 1 aliphatic heterocycles. The van der Waals surface area contributed by atoms with Crippen LogP contribution in [0.15, 0.2) is 78.9 Å². The number of anilines is 1. The van der Waals surface area contributed by atoms with E-state index < -0.39 is 5.91 Å². The fourth-order valence-corrected chi connectivity index (χ4v) is 4.99. The van der Waals surface area contributed by atoms with Crippen molar-refractivity contribution in [2.45, 2.75) is 31.7 Å². The van der Waals surface area contributed by atoms with E-state index in [-0.39, 0.29) is 5.92 Å². The van der Waals surface area contributed by atoms with Crippen LogP contribution in [-0.4, -0.2) is 47.8 Å². The van der Waals surface area contributed by atoms with Crippen molar-refractivity contribution in [3.63, 3.8) is 0 Å². The molecule has 1 aliphatic rings. The zero-order valence-electron chi connectivity index (χ0n) is 22.1. The summed E-state index contributed by atoms with van der Waals surface area (Å²) < 4.78 is 7.80. The monoisotopic (exact) mass is 509 g/mol. The first kappa shape index (κ1) is 25.5. The number of para-hydroxylation sites is 1. The van der Waals surface area contributed by atoms with Crippen LogP contribution in [0.1, 0.15) is 40.2 Å². The first-order chi connectivity index (χ1) is 18.5. The predicted octanol–water partition coefficient (Wildman–Crippen LogP) is 5.53. The lowest BCUT2D eigenvalue weighted by Crippen LogP contribution is -2.28. The molecule has 1 atom stereocenters. The summed E-state index contributed by atoms with van der Waals surface area (Å²) in [5, 5.41) is 8.29. The Hall–Kier alpha value is -4.10. The van der Waals surface area contributed by atoms with Crippen LogP contribution in [0.3, 0.4) is 0 Å². The lowest BCUT2D eigenvalue weighted by molar-refractivity contribution is 0.100. The van der Waals surface area contributed by atoms with Gasteiger partial charge in [0.05, 0.1) is 6.54 Å². The predicted molar refractivity (Wildman–Crippen MR) is 152 cm³/mol. The minimum Gasteiger partial charge on any atom is -0.457 e. The molecule has 0 fully saturated rings. The molecule has 5 rings (SSSR count). The van der Waals surface area contributed by atoms with Crippen LogP contribution in [0.4, 0.5) is 5.82 Å². The smallest absolute Gasteiger partial charge is 0.254 e. The number of hydrogen-bond donors (Lipinski definition) is 2. The van der Waals surface area contributed by atoms with Gasteiger partial charge < -0.3 is 20.7 Å². The maximum absolute atomic E-state index is 12.5. The fraction of sp³-hybridized carbons (Fsp3) is 0.290. The molecular weight excluding hydrogens is 474 g/mol. The highest BCUT2D eigenvalue weighted by Gasteiger charge is 2.29.